The third kappa shape index (κ3) is 0.693. The van der Waals surface area contributed by atoms with Crippen LogP contribution in [0.2, 0.25) is 5.15 Å². The average Bonchev–Trinajstić information content (AvgIpc) is 2.36. The Morgan fingerprint density at radius 2 is 2.30 bits per heavy atom. The number of nitrogens with zero attached hydrogens (tertiary/aromatic N) is 2. The molecule has 0 aromatic carbocycles. The van der Waals surface area contributed by atoms with Gasteiger partial charge in [-0.05, 0) is 12.1 Å². The highest BCUT2D eigenvalue weighted by Gasteiger charge is 1.93. The van der Waals surface area contributed by atoms with Gasteiger partial charge in [-0.25, -0.2) is 4.98 Å². The normalized spacial score (nSPS) is 10.5. The molecule has 2 aromatic heterocycles. The van der Waals surface area contributed by atoms with Gasteiger partial charge in [-0.15, -0.1) is 0 Å². The van der Waals surface area contributed by atoms with Crippen molar-refractivity contribution >= 4 is 17.2 Å². The second-order valence-corrected chi connectivity index (χ2v) is 2.39. The van der Waals surface area contributed by atoms with Gasteiger partial charge in [0.2, 0.25) is 0 Å². The Morgan fingerprint density at radius 1 is 1.40 bits per heavy atom. The van der Waals surface area contributed by atoms with E-state index in [4.69, 9.17) is 11.6 Å². The van der Waals surface area contributed by atoms with Crippen molar-refractivity contribution in [2.75, 3.05) is 0 Å². The lowest BCUT2D eigenvalue weighted by molar-refractivity contribution is 1.19. The van der Waals surface area contributed by atoms with Crippen LogP contribution in [0, 0.1) is 0 Å². The minimum Gasteiger partial charge on any atom is -0.290 e. The Morgan fingerprint density at radius 3 is 3.10 bits per heavy atom. The molecular weight excluding hydrogens is 148 g/mol. The molecule has 2 nitrogen and oxygen atoms in total. The molecule has 0 fully saturated rings. The van der Waals surface area contributed by atoms with Gasteiger partial charge in [-0.2, -0.15) is 0 Å². The fraction of sp³-hybridized carbons (Fsp3) is 0. The van der Waals surface area contributed by atoms with Crippen LogP contribution in [-0.2, 0) is 0 Å². The van der Waals surface area contributed by atoms with E-state index in [1.54, 1.807) is 6.20 Å². The van der Waals surface area contributed by atoms with Crippen molar-refractivity contribution in [3.63, 3.8) is 0 Å². The van der Waals surface area contributed by atoms with Gasteiger partial charge in [0.1, 0.15) is 10.8 Å². The number of aromatic nitrogens is 2. The predicted molar refractivity (Wildman–Crippen MR) is 40.2 cm³/mol. The SMILES string of the molecule is Clc1cccc2nccn12. The Bertz CT molecular complexity index is 353. The Balaban J connectivity index is 2.95. The van der Waals surface area contributed by atoms with Crippen molar-refractivity contribution in [1.82, 2.24) is 9.38 Å². The lowest BCUT2D eigenvalue weighted by Crippen LogP contribution is -1.82. The van der Waals surface area contributed by atoms with Gasteiger partial charge in [0, 0.05) is 12.4 Å². The summed E-state index contributed by atoms with van der Waals surface area (Å²) in [5, 5.41) is 0.690. The highest BCUT2D eigenvalue weighted by Crippen LogP contribution is 2.09. The standard InChI is InChI=1S/C7H5ClN2/c8-6-2-1-3-7-9-4-5-10(6)7/h1-5H. The van der Waals surface area contributed by atoms with Crippen LogP contribution in [0.1, 0.15) is 0 Å². The molecule has 2 heterocycles. The average molecular weight is 153 g/mol. The minimum atomic E-state index is 0.690. The van der Waals surface area contributed by atoms with E-state index in [0.717, 1.165) is 5.65 Å². The zero-order valence-electron chi connectivity index (χ0n) is 5.16. The van der Waals surface area contributed by atoms with Crippen molar-refractivity contribution in [2.24, 2.45) is 0 Å². The number of halogens is 1. The van der Waals surface area contributed by atoms with Gasteiger partial charge < -0.3 is 0 Å². The van der Waals surface area contributed by atoms with Crippen molar-refractivity contribution < 1.29 is 0 Å². The number of rotatable bonds is 0. The van der Waals surface area contributed by atoms with E-state index in [1.165, 1.54) is 0 Å². The molecule has 0 saturated carbocycles. The molecule has 0 aliphatic heterocycles. The largest absolute Gasteiger partial charge is 0.290 e. The fourth-order valence-electron chi connectivity index (χ4n) is 0.913. The van der Waals surface area contributed by atoms with Gasteiger partial charge in [0.05, 0.1) is 0 Å². The highest BCUT2D eigenvalue weighted by atomic mass is 35.5. The Kier molecular flexibility index (Phi) is 1.14. The first kappa shape index (κ1) is 5.74. The van der Waals surface area contributed by atoms with E-state index >= 15 is 0 Å². The number of hydrogen-bond acceptors (Lipinski definition) is 1. The van der Waals surface area contributed by atoms with Crippen LogP contribution in [0.5, 0.6) is 0 Å². The predicted octanol–water partition coefficient (Wildman–Crippen LogP) is 1.99. The summed E-state index contributed by atoms with van der Waals surface area (Å²) < 4.78 is 1.82. The van der Waals surface area contributed by atoms with Crippen molar-refractivity contribution in [2.45, 2.75) is 0 Å². The molecule has 0 N–H and O–H groups in total. The van der Waals surface area contributed by atoms with Crippen LogP contribution in [0.25, 0.3) is 5.65 Å². The summed E-state index contributed by atoms with van der Waals surface area (Å²) in [6, 6.07) is 5.62. The maximum atomic E-state index is 5.82. The van der Waals surface area contributed by atoms with Crippen LogP contribution >= 0.6 is 11.6 Å². The molecule has 0 amide bonds. The molecular formula is C7H5ClN2. The summed E-state index contributed by atoms with van der Waals surface area (Å²) in [4.78, 5) is 4.06. The molecule has 0 bridgehead atoms. The van der Waals surface area contributed by atoms with Gasteiger partial charge in [0.25, 0.3) is 0 Å². The van der Waals surface area contributed by atoms with Crippen LogP contribution < -0.4 is 0 Å². The Hall–Kier alpha value is -1.02. The molecule has 0 radical (unpaired) electrons. The molecule has 0 spiro atoms. The maximum Gasteiger partial charge on any atom is 0.137 e. The van der Waals surface area contributed by atoms with E-state index < -0.39 is 0 Å². The maximum absolute atomic E-state index is 5.82. The summed E-state index contributed by atoms with van der Waals surface area (Å²) in [5.74, 6) is 0. The third-order valence-corrected chi connectivity index (χ3v) is 1.69. The van der Waals surface area contributed by atoms with Gasteiger partial charge >= 0.3 is 0 Å². The lowest BCUT2D eigenvalue weighted by Gasteiger charge is -1.93. The number of imidazole rings is 1. The Labute approximate surface area is 63.1 Å². The van der Waals surface area contributed by atoms with Crippen molar-refractivity contribution in [3.05, 3.63) is 35.7 Å². The fourth-order valence-corrected chi connectivity index (χ4v) is 1.13. The summed E-state index contributed by atoms with van der Waals surface area (Å²) in [7, 11) is 0. The van der Waals surface area contributed by atoms with E-state index in [1.807, 2.05) is 28.8 Å². The van der Waals surface area contributed by atoms with Crippen molar-refractivity contribution in [3.8, 4) is 0 Å². The first-order valence-corrected chi connectivity index (χ1v) is 3.33. The van der Waals surface area contributed by atoms with Crippen LogP contribution in [-0.4, -0.2) is 9.38 Å². The van der Waals surface area contributed by atoms with Crippen LogP contribution in [0.15, 0.2) is 30.6 Å². The van der Waals surface area contributed by atoms with Crippen LogP contribution in [0.3, 0.4) is 0 Å². The third-order valence-electron chi connectivity index (χ3n) is 1.38. The molecule has 2 rings (SSSR count). The minimum absolute atomic E-state index is 0.690. The summed E-state index contributed by atoms with van der Waals surface area (Å²) in [6.07, 6.45) is 3.55. The molecule has 0 aliphatic carbocycles. The first-order chi connectivity index (χ1) is 4.88. The zero-order valence-corrected chi connectivity index (χ0v) is 5.92. The molecule has 10 heavy (non-hydrogen) atoms. The quantitative estimate of drug-likeness (QED) is 0.528. The highest BCUT2D eigenvalue weighted by molar-refractivity contribution is 6.29. The van der Waals surface area contributed by atoms with Crippen molar-refractivity contribution in [1.29, 1.82) is 0 Å². The molecule has 3 heteroatoms. The monoisotopic (exact) mass is 152 g/mol. The lowest BCUT2D eigenvalue weighted by atomic mass is 10.5. The molecule has 50 valence electrons. The smallest absolute Gasteiger partial charge is 0.137 e. The van der Waals surface area contributed by atoms with E-state index in [2.05, 4.69) is 4.98 Å². The van der Waals surface area contributed by atoms with Gasteiger partial charge in [-0.3, -0.25) is 4.40 Å². The second kappa shape index (κ2) is 1.99. The molecule has 0 unspecified atom stereocenters. The molecule has 0 aliphatic rings. The number of fused-ring (bicyclic) bond motifs is 1. The number of pyridine rings is 1. The number of hydrogen-bond donors (Lipinski definition) is 0. The first-order valence-electron chi connectivity index (χ1n) is 2.95. The molecule has 2 aromatic rings. The van der Waals surface area contributed by atoms with E-state index in [0.29, 0.717) is 5.15 Å². The zero-order chi connectivity index (χ0) is 6.97. The van der Waals surface area contributed by atoms with Crippen LogP contribution in [0.4, 0.5) is 0 Å². The topological polar surface area (TPSA) is 17.3 Å². The summed E-state index contributed by atoms with van der Waals surface area (Å²) in [5.41, 5.74) is 0.882. The second-order valence-electron chi connectivity index (χ2n) is 2.00. The molecule has 0 saturated heterocycles. The van der Waals surface area contributed by atoms with E-state index in [9.17, 15) is 0 Å². The van der Waals surface area contributed by atoms with E-state index in [-0.39, 0.29) is 0 Å². The van der Waals surface area contributed by atoms with Gasteiger partial charge in [-0.1, -0.05) is 17.7 Å². The van der Waals surface area contributed by atoms with Gasteiger partial charge in [0.15, 0.2) is 0 Å². The summed E-state index contributed by atoms with van der Waals surface area (Å²) >= 11 is 5.82. The summed E-state index contributed by atoms with van der Waals surface area (Å²) in [6.45, 7) is 0. The molecule has 0 atom stereocenters.